The van der Waals surface area contributed by atoms with Gasteiger partial charge in [-0.3, -0.25) is 0 Å². The third-order valence-corrected chi connectivity index (χ3v) is 4.43. The largest absolute Gasteiger partial charge is 0.396 e. The first-order valence-electron chi connectivity index (χ1n) is 6.35. The smallest absolute Gasteiger partial charge is 0.0499 e. The molecule has 1 aromatic carbocycles. The molecule has 17 heavy (non-hydrogen) atoms. The molecule has 1 aromatic rings. The monoisotopic (exact) mass is 251 g/mol. The Morgan fingerprint density at radius 2 is 2.24 bits per heavy atom. The summed E-state index contributed by atoms with van der Waals surface area (Å²) in [5.74, 6) is 0. The van der Waals surface area contributed by atoms with Crippen molar-refractivity contribution in [2.45, 2.75) is 31.7 Å². The van der Waals surface area contributed by atoms with Crippen LogP contribution in [0.25, 0.3) is 0 Å². The number of nitrogens with one attached hydrogen (secondary N) is 1. The van der Waals surface area contributed by atoms with Crippen molar-refractivity contribution in [3.63, 3.8) is 0 Å². The fourth-order valence-electron chi connectivity index (χ4n) is 2.71. The molecule has 0 radical (unpaired) electrons. The standard InChI is InChI=1S/C14H18ClNO/c15-11-2-3-12-10(7-11)1-4-13(12)16-8-14(9-17)5-6-14/h2-3,7,13,16-17H,1,4-6,8-9H2. The zero-order valence-corrected chi connectivity index (χ0v) is 10.6. The maximum atomic E-state index is 9.30. The van der Waals surface area contributed by atoms with E-state index < -0.39 is 0 Å². The van der Waals surface area contributed by atoms with Crippen molar-refractivity contribution < 1.29 is 5.11 Å². The van der Waals surface area contributed by atoms with Crippen molar-refractivity contribution in [2.24, 2.45) is 5.41 Å². The first kappa shape index (κ1) is 11.5. The summed E-state index contributed by atoms with van der Waals surface area (Å²) in [6.07, 6.45) is 4.59. The highest BCUT2D eigenvalue weighted by molar-refractivity contribution is 6.30. The van der Waals surface area contributed by atoms with Crippen LogP contribution in [-0.4, -0.2) is 18.3 Å². The Kier molecular flexibility index (Phi) is 2.89. The number of rotatable bonds is 4. The predicted molar refractivity (Wildman–Crippen MR) is 69.3 cm³/mol. The average molecular weight is 252 g/mol. The van der Waals surface area contributed by atoms with Gasteiger partial charge < -0.3 is 10.4 Å². The van der Waals surface area contributed by atoms with Crippen LogP contribution in [-0.2, 0) is 6.42 Å². The summed E-state index contributed by atoms with van der Waals surface area (Å²) in [5, 5.41) is 13.7. The second kappa shape index (κ2) is 4.27. The third-order valence-electron chi connectivity index (χ3n) is 4.20. The molecule has 2 N–H and O–H groups in total. The molecule has 3 heteroatoms. The lowest BCUT2D eigenvalue weighted by atomic mass is 10.1. The Morgan fingerprint density at radius 1 is 1.41 bits per heavy atom. The topological polar surface area (TPSA) is 32.3 Å². The van der Waals surface area contributed by atoms with Crippen LogP contribution < -0.4 is 5.32 Å². The molecule has 1 fully saturated rings. The van der Waals surface area contributed by atoms with Crippen LogP contribution in [0.15, 0.2) is 18.2 Å². The van der Waals surface area contributed by atoms with Gasteiger partial charge in [0.05, 0.1) is 0 Å². The van der Waals surface area contributed by atoms with E-state index in [1.165, 1.54) is 11.1 Å². The minimum absolute atomic E-state index is 0.190. The van der Waals surface area contributed by atoms with E-state index in [2.05, 4.69) is 17.4 Å². The predicted octanol–water partition coefficient (Wildman–Crippen LogP) is 2.69. The van der Waals surface area contributed by atoms with Gasteiger partial charge in [0.25, 0.3) is 0 Å². The summed E-state index contributed by atoms with van der Waals surface area (Å²) in [4.78, 5) is 0. The molecule has 0 aliphatic heterocycles. The molecule has 1 unspecified atom stereocenters. The maximum Gasteiger partial charge on any atom is 0.0499 e. The number of aryl methyl sites for hydroxylation is 1. The normalized spacial score (nSPS) is 24.7. The van der Waals surface area contributed by atoms with Crippen LogP contribution in [0.1, 0.15) is 36.4 Å². The van der Waals surface area contributed by atoms with Gasteiger partial charge in [-0.25, -0.2) is 0 Å². The molecule has 0 aromatic heterocycles. The Morgan fingerprint density at radius 3 is 2.94 bits per heavy atom. The van der Waals surface area contributed by atoms with E-state index >= 15 is 0 Å². The summed E-state index contributed by atoms with van der Waals surface area (Å²) in [7, 11) is 0. The Balaban J connectivity index is 1.67. The van der Waals surface area contributed by atoms with Gasteiger partial charge >= 0.3 is 0 Å². The van der Waals surface area contributed by atoms with Crippen LogP contribution in [0.4, 0.5) is 0 Å². The molecule has 0 amide bonds. The molecule has 0 bridgehead atoms. The molecular formula is C14H18ClNO. The van der Waals surface area contributed by atoms with Crippen molar-refractivity contribution in [2.75, 3.05) is 13.2 Å². The van der Waals surface area contributed by atoms with Crippen LogP contribution >= 0.6 is 11.6 Å². The maximum absolute atomic E-state index is 9.30. The quantitative estimate of drug-likeness (QED) is 0.863. The van der Waals surface area contributed by atoms with E-state index in [1.807, 2.05) is 6.07 Å². The van der Waals surface area contributed by atoms with Crippen LogP contribution in [0, 0.1) is 5.41 Å². The molecule has 1 saturated carbocycles. The van der Waals surface area contributed by atoms with Crippen molar-refractivity contribution in [3.05, 3.63) is 34.3 Å². The van der Waals surface area contributed by atoms with Crippen molar-refractivity contribution >= 4 is 11.6 Å². The molecule has 2 aliphatic rings. The molecule has 2 aliphatic carbocycles. The van der Waals surface area contributed by atoms with Crippen molar-refractivity contribution in [1.82, 2.24) is 5.32 Å². The number of halogens is 1. The third kappa shape index (κ3) is 2.22. The van der Waals surface area contributed by atoms with Crippen molar-refractivity contribution in [1.29, 1.82) is 0 Å². The highest BCUT2D eigenvalue weighted by Gasteiger charge is 2.42. The zero-order chi connectivity index (χ0) is 11.9. The van der Waals surface area contributed by atoms with Crippen LogP contribution in [0.5, 0.6) is 0 Å². The molecule has 92 valence electrons. The van der Waals surface area contributed by atoms with Gasteiger partial charge in [0.15, 0.2) is 0 Å². The van der Waals surface area contributed by atoms with Gasteiger partial charge in [-0.1, -0.05) is 17.7 Å². The summed E-state index contributed by atoms with van der Waals surface area (Å²) in [5.41, 5.74) is 2.96. The van der Waals surface area contributed by atoms with E-state index in [9.17, 15) is 5.11 Å². The molecule has 0 saturated heterocycles. The van der Waals surface area contributed by atoms with Gasteiger partial charge in [0.2, 0.25) is 0 Å². The van der Waals surface area contributed by atoms with Crippen LogP contribution in [0.2, 0.25) is 5.02 Å². The molecule has 1 atom stereocenters. The summed E-state index contributed by atoms with van der Waals surface area (Å²) in [6, 6.07) is 6.64. The first-order valence-corrected chi connectivity index (χ1v) is 6.73. The minimum atomic E-state index is 0.190. The van der Waals surface area contributed by atoms with E-state index in [4.69, 9.17) is 11.6 Å². The first-order chi connectivity index (χ1) is 8.22. The summed E-state index contributed by atoms with van der Waals surface area (Å²) >= 11 is 6.00. The van der Waals surface area contributed by atoms with E-state index in [0.29, 0.717) is 12.6 Å². The second-order valence-corrected chi connectivity index (χ2v) is 5.91. The molecule has 3 rings (SSSR count). The number of hydrogen-bond acceptors (Lipinski definition) is 2. The number of aliphatic hydroxyl groups excluding tert-OH is 1. The molecule has 2 nitrogen and oxygen atoms in total. The fourth-order valence-corrected chi connectivity index (χ4v) is 2.90. The van der Waals surface area contributed by atoms with E-state index in [0.717, 1.165) is 37.3 Å². The second-order valence-electron chi connectivity index (χ2n) is 5.47. The number of hydrogen-bond donors (Lipinski definition) is 2. The van der Waals surface area contributed by atoms with Crippen LogP contribution in [0.3, 0.4) is 0 Å². The lowest BCUT2D eigenvalue weighted by molar-refractivity contribution is 0.204. The van der Waals surface area contributed by atoms with Gasteiger partial charge in [0.1, 0.15) is 0 Å². The SMILES string of the molecule is OCC1(CNC2CCc3cc(Cl)ccc32)CC1. The van der Waals surface area contributed by atoms with Gasteiger partial charge in [-0.05, 0) is 48.9 Å². The van der Waals surface area contributed by atoms with Gasteiger partial charge in [0, 0.05) is 29.6 Å². The number of fused-ring (bicyclic) bond motifs is 1. The molecule has 0 heterocycles. The highest BCUT2D eigenvalue weighted by atomic mass is 35.5. The lowest BCUT2D eigenvalue weighted by Crippen LogP contribution is -2.29. The number of benzene rings is 1. The van der Waals surface area contributed by atoms with E-state index in [-0.39, 0.29) is 5.41 Å². The highest BCUT2D eigenvalue weighted by Crippen LogP contribution is 2.45. The minimum Gasteiger partial charge on any atom is -0.396 e. The summed E-state index contributed by atoms with van der Waals surface area (Å²) in [6.45, 7) is 1.26. The summed E-state index contributed by atoms with van der Waals surface area (Å²) < 4.78 is 0. The Bertz CT molecular complexity index is 428. The Hall–Kier alpha value is -0.570. The number of aliphatic hydroxyl groups is 1. The lowest BCUT2D eigenvalue weighted by Gasteiger charge is -2.18. The average Bonchev–Trinajstić information content (AvgIpc) is 3.02. The molecular weight excluding hydrogens is 234 g/mol. The van der Waals surface area contributed by atoms with Gasteiger partial charge in [-0.15, -0.1) is 0 Å². The Labute approximate surface area is 107 Å². The van der Waals surface area contributed by atoms with Crippen molar-refractivity contribution in [3.8, 4) is 0 Å². The molecule has 0 spiro atoms. The van der Waals surface area contributed by atoms with Gasteiger partial charge in [-0.2, -0.15) is 0 Å². The van der Waals surface area contributed by atoms with E-state index in [1.54, 1.807) is 0 Å². The fraction of sp³-hybridized carbons (Fsp3) is 0.571. The zero-order valence-electron chi connectivity index (χ0n) is 9.88.